The van der Waals surface area contributed by atoms with Gasteiger partial charge in [0.2, 0.25) is 5.91 Å². The highest BCUT2D eigenvalue weighted by molar-refractivity contribution is 5.83. The summed E-state index contributed by atoms with van der Waals surface area (Å²) in [5.74, 6) is 0.00964. The van der Waals surface area contributed by atoms with Gasteiger partial charge in [0.05, 0.1) is 12.9 Å². The lowest BCUT2D eigenvalue weighted by Crippen LogP contribution is -2.55. The third-order valence-corrected chi connectivity index (χ3v) is 5.27. The van der Waals surface area contributed by atoms with Gasteiger partial charge in [-0.05, 0) is 31.6 Å². The molecule has 10 nitrogen and oxygen atoms in total. The highest BCUT2D eigenvalue weighted by Crippen LogP contribution is 2.33. The van der Waals surface area contributed by atoms with Crippen LogP contribution in [0.1, 0.15) is 25.7 Å². The lowest BCUT2D eigenvalue weighted by molar-refractivity contribution is -0.140. The summed E-state index contributed by atoms with van der Waals surface area (Å²) < 4.78 is 1.64. The van der Waals surface area contributed by atoms with Gasteiger partial charge in [0.1, 0.15) is 18.4 Å². The summed E-state index contributed by atoms with van der Waals surface area (Å²) in [6.45, 7) is 1.03. The van der Waals surface area contributed by atoms with E-state index < -0.39 is 5.97 Å². The van der Waals surface area contributed by atoms with Gasteiger partial charge in [-0.1, -0.05) is 0 Å². The van der Waals surface area contributed by atoms with Crippen LogP contribution in [0.4, 0.5) is 5.82 Å². The molecule has 0 radical (unpaired) electrons. The fourth-order valence-corrected chi connectivity index (χ4v) is 3.59. The first-order valence-corrected chi connectivity index (χ1v) is 9.16. The molecular weight excluding hydrogens is 350 g/mol. The number of carboxylic acids is 1. The Hall–Kier alpha value is -2.75. The summed E-state index contributed by atoms with van der Waals surface area (Å²) in [5, 5.41) is 12.1. The van der Waals surface area contributed by atoms with Crippen LogP contribution in [0.25, 0.3) is 11.2 Å². The van der Waals surface area contributed by atoms with Crippen molar-refractivity contribution in [2.24, 2.45) is 5.92 Å². The molecule has 27 heavy (non-hydrogen) atoms. The first-order chi connectivity index (χ1) is 13.0. The Morgan fingerprint density at radius 2 is 2.07 bits per heavy atom. The minimum atomic E-state index is -0.795. The predicted octanol–water partition coefficient (Wildman–Crippen LogP) is -0.148. The van der Waals surface area contributed by atoms with Gasteiger partial charge in [-0.15, -0.1) is 0 Å². The summed E-state index contributed by atoms with van der Waals surface area (Å²) in [7, 11) is 0. The van der Waals surface area contributed by atoms with Crippen molar-refractivity contribution in [3.8, 4) is 0 Å². The molecule has 2 aliphatic carbocycles. The quantitative estimate of drug-likeness (QED) is 0.581. The molecule has 2 aliphatic rings. The second kappa shape index (κ2) is 7.10. The van der Waals surface area contributed by atoms with Crippen molar-refractivity contribution in [3.05, 3.63) is 12.7 Å². The number of nitrogen functional groups attached to an aromatic ring is 1. The van der Waals surface area contributed by atoms with Crippen molar-refractivity contribution < 1.29 is 14.7 Å². The minimum absolute atomic E-state index is 0.0734. The van der Waals surface area contributed by atoms with Gasteiger partial charge in [0.25, 0.3) is 0 Å². The van der Waals surface area contributed by atoms with Crippen LogP contribution < -0.4 is 11.1 Å². The molecule has 0 bridgehead atoms. The number of amides is 1. The number of hydrogen-bond donors (Lipinski definition) is 3. The summed E-state index contributed by atoms with van der Waals surface area (Å²) in [6.07, 6.45) is 6.83. The van der Waals surface area contributed by atoms with E-state index >= 15 is 0 Å². The second-order valence-corrected chi connectivity index (χ2v) is 7.46. The number of carboxylic acid groups (broad SMARTS) is 1. The molecule has 0 aromatic carbocycles. The number of aliphatic carboxylic acids is 1. The molecular formula is C17H23N7O3. The third-order valence-electron chi connectivity index (χ3n) is 5.27. The molecule has 2 heterocycles. The zero-order valence-electron chi connectivity index (χ0n) is 14.9. The normalized spacial score (nSPS) is 22.0. The van der Waals surface area contributed by atoms with Crippen LogP contribution in [-0.4, -0.2) is 66.6 Å². The summed E-state index contributed by atoms with van der Waals surface area (Å²) in [5.41, 5.74) is 6.77. The Labute approximate surface area is 155 Å². The van der Waals surface area contributed by atoms with E-state index in [2.05, 4.69) is 20.3 Å². The Morgan fingerprint density at radius 3 is 2.78 bits per heavy atom. The average molecular weight is 373 g/mol. The number of nitrogens with two attached hydrogens (primary N) is 1. The van der Waals surface area contributed by atoms with Crippen LogP contribution in [0, 0.1) is 5.92 Å². The van der Waals surface area contributed by atoms with Crippen LogP contribution in [-0.2, 0) is 16.1 Å². The second-order valence-electron chi connectivity index (χ2n) is 7.46. The molecule has 1 amide bonds. The first-order valence-electron chi connectivity index (χ1n) is 9.16. The van der Waals surface area contributed by atoms with Gasteiger partial charge in [0.15, 0.2) is 11.5 Å². The molecule has 144 valence electrons. The molecule has 0 saturated heterocycles. The van der Waals surface area contributed by atoms with E-state index in [0.29, 0.717) is 17.1 Å². The highest BCUT2D eigenvalue weighted by Gasteiger charge is 2.37. The van der Waals surface area contributed by atoms with E-state index in [1.54, 1.807) is 4.57 Å². The van der Waals surface area contributed by atoms with Gasteiger partial charge in [-0.25, -0.2) is 15.0 Å². The number of nitrogens with zero attached hydrogens (tertiary/aromatic N) is 5. The van der Waals surface area contributed by atoms with Gasteiger partial charge in [-0.2, -0.15) is 0 Å². The molecule has 4 N–H and O–H groups in total. The molecule has 4 rings (SSSR count). The topological polar surface area (TPSA) is 139 Å². The van der Waals surface area contributed by atoms with Crippen molar-refractivity contribution in [2.45, 2.75) is 44.3 Å². The largest absolute Gasteiger partial charge is 0.480 e. The molecule has 2 fully saturated rings. The zero-order chi connectivity index (χ0) is 19.0. The van der Waals surface area contributed by atoms with Crippen LogP contribution >= 0.6 is 0 Å². The van der Waals surface area contributed by atoms with E-state index in [-0.39, 0.29) is 36.9 Å². The molecule has 2 saturated carbocycles. The van der Waals surface area contributed by atoms with Gasteiger partial charge >= 0.3 is 5.97 Å². The third kappa shape index (κ3) is 4.00. The maximum atomic E-state index is 12.3. The average Bonchev–Trinajstić information content (AvgIpc) is 3.29. The van der Waals surface area contributed by atoms with E-state index in [1.807, 2.05) is 4.90 Å². The molecule has 2 aromatic rings. The van der Waals surface area contributed by atoms with Crippen molar-refractivity contribution in [2.75, 3.05) is 18.8 Å². The first kappa shape index (κ1) is 17.7. The number of anilines is 1. The van der Waals surface area contributed by atoms with Gasteiger partial charge < -0.3 is 20.7 Å². The minimum Gasteiger partial charge on any atom is -0.480 e. The number of hydrogen-bond acceptors (Lipinski definition) is 7. The summed E-state index contributed by atoms with van der Waals surface area (Å²) in [6, 6.07) is 0.307. The molecule has 0 atom stereocenters. The van der Waals surface area contributed by atoms with Crippen LogP contribution in [0.3, 0.4) is 0 Å². The van der Waals surface area contributed by atoms with Crippen molar-refractivity contribution >= 4 is 28.9 Å². The smallest absolute Gasteiger partial charge is 0.317 e. The van der Waals surface area contributed by atoms with Crippen molar-refractivity contribution in [1.82, 2.24) is 29.7 Å². The molecule has 2 aromatic heterocycles. The van der Waals surface area contributed by atoms with Gasteiger partial charge in [-0.3, -0.25) is 14.5 Å². The molecule has 10 heteroatoms. The van der Waals surface area contributed by atoms with Gasteiger partial charge in [0, 0.05) is 18.6 Å². The van der Waals surface area contributed by atoms with E-state index in [9.17, 15) is 9.59 Å². The summed E-state index contributed by atoms with van der Waals surface area (Å²) >= 11 is 0. The number of carbonyl (C=O) groups is 2. The molecule has 0 aliphatic heterocycles. The predicted molar refractivity (Wildman–Crippen MR) is 96.6 cm³/mol. The number of imidazole rings is 1. The van der Waals surface area contributed by atoms with E-state index in [0.717, 1.165) is 19.4 Å². The van der Waals surface area contributed by atoms with Crippen LogP contribution in [0.15, 0.2) is 12.7 Å². The fourth-order valence-electron chi connectivity index (χ4n) is 3.59. The fraction of sp³-hybridized carbons (Fsp3) is 0.588. The Bertz CT molecular complexity index is 857. The SMILES string of the molecule is Nc1ncnc2c1ncn2CC(=O)NC1CC(N(CC(=O)O)CC2CC2)C1. The molecule has 0 unspecified atom stereocenters. The Morgan fingerprint density at radius 1 is 1.30 bits per heavy atom. The van der Waals surface area contributed by atoms with E-state index in [1.165, 1.54) is 25.5 Å². The number of carbonyl (C=O) groups excluding carboxylic acids is 1. The Balaban J connectivity index is 1.29. The van der Waals surface area contributed by atoms with E-state index in [4.69, 9.17) is 10.8 Å². The number of nitrogens with one attached hydrogen (secondary N) is 1. The lowest BCUT2D eigenvalue weighted by atomic mass is 9.85. The van der Waals surface area contributed by atoms with Crippen LogP contribution in [0.2, 0.25) is 0 Å². The maximum absolute atomic E-state index is 12.3. The monoisotopic (exact) mass is 373 g/mol. The number of rotatable bonds is 8. The lowest BCUT2D eigenvalue weighted by Gasteiger charge is -2.42. The van der Waals surface area contributed by atoms with Crippen molar-refractivity contribution in [1.29, 1.82) is 0 Å². The zero-order valence-corrected chi connectivity index (χ0v) is 14.9. The van der Waals surface area contributed by atoms with Crippen LogP contribution in [0.5, 0.6) is 0 Å². The molecule has 0 spiro atoms. The standard InChI is InChI=1S/C17H23N7O3/c18-16-15-17(20-8-19-16)24(9-21-15)6-13(25)22-11-3-12(4-11)23(7-14(26)27)5-10-1-2-10/h8-12H,1-7H2,(H,22,25)(H,26,27)(H2,18,19,20). The highest BCUT2D eigenvalue weighted by atomic mass is 16.4. The Kier molecular flexibility index (Phi) is 4.65. The number of aromatic nitrogens is 4. The van der Waals surface area contributed by atoms with Crippen molar-refractivity contribution in [3.63, 3.8) is 0 Å². The summed E-state index contributed by atoms with van der Waals surface area (Å²) in [4.78, 5) is 37.6. The number of fused-ring (bicyclic) bond motifs is 1. The maximum Gasteiger partial charge on any atom is 0.317 e.